The van der Waals surface area contributed by atoms with Crippen LogP contribution in [0.4, 0.5) is 5.69 Å². The second-order valence-electron chi connectivity index (χ2n) is 4.98. The third-order valence-electron chi connectivity index (χ3n) is 3.08. The van der Waals surface area contributed by atoms with Crippen LogP contribution in [0, 0.1) is 13.7 Å². The van der Waals surface area contributed by atoms with Gasteiger partial charge in [-0.1, -0.05) is 12.1 Å². The van der Waals surface area contributed by atoms with Crippen LogP contribution in [-0.2, 0) is 4.79 Å². The molecule has 0 saturated heterocycles. The molecule has 0 spiro atoms. The molecule has 0 radical (unpaired) electrons. The predicted octanol–water partition coefficient (Wildman–Crippen LogP) is 1.91. The highest BCUT2D eigenvalue weighted by molar-refractivity contribution is 14.1. The van der Waals surface area contributed by atoms with Gasteiger partial charge >= 0.3 is 0 Å². The first-order valence-electron chi connectivity index (χ1n) is 7.39. The van der Waals surface area contributed by atoms with Crippen LogP contribution in [-0.4, -0.2) is 28.5 Å². The molecule has 0 aliphatic rings. The third kappa shape index (κ3) is 6.45. The maximum Gasteiger partial charge on any atom is 0.276 e. The molecule has 3 N–H and O–H groups in total. The number of carbonyl (C=O) groups is 2. The molecule has 2 amide bonds. The summed E-state index contributed by atoms with van der Waals surface area (Å²) in [6.45, 7) is -0.349. The zero-order valence-corrected chi connectivity index (χ0v) is 16.6. The van der Waals surface area contributed by atoms with Crippen molar-refractivity contribution < 1.29 is 19.2 Å². The summed E-state index contributed by atoms with van der Waals surface area (Å²) < 4.78 is 5.95. The lowest BCUT2D eigenvalue weighted by Gasteiger charge is -2.12. The Morgan fingerprint density at radius 1 is 1.11 bits per heavy atom. The first-order chi connectivity index (χ1) is 12.9. The number of carbonyl (C=O) groups excluding carboxylic acids is 2. The molecule has 0 aromatic heterocycles. The van der Waals surface area contributed by atoms with Gasteiger partial charge in [-0.25, -0.2) is 0 Å². The van der Waals surface area contributed by atoms with E-state index >= 15 is 0 Å². The van der Waals surface area contributed by atoms with Gasteiger partial charge in [0.15, 0.2) is 11.7 Å². The maximum atomic E-state index is 12.1. The standard InChI is InChI=1S/C16H13IN4O5S/c17-13-4-2-1-3-12(13)15(23)18-16(27)20-19-14(22)9-26-11-7-5-10(6-8-11)21(24)25/h1-8H,9H2,(H,19,22)(H2,18,20,23,27). The van der Waals surface area contributed by atoms with Crippen molar-refractivity contribution in [2.75, 3.05) is 6.61 Å². The predicted molar refractivity (Wildman–Crippen MR) is 109 cm³/mol. The van der Waals surface area contributed by atoms with E-state index in [0.717, 1.165) is 3.57 Å². The Labute approximate surface area is 172 Å². The number of thiocarbonyl (C=S) groups is 1. The number of non-ortho nitro benzene ring substituents is 1. The molecule has 0 saturated carbocycles. The van der Waals surface area contributed by atoms with Crippen molar-refractivity contribution in [1.82, 2.24) is 16.2 Å². The number of nitro benzene ring substituents is 1. The van der Waals surface area contributed by atoms with Gasteiger partial charge in [-0.15, -0.1) is 0 Å². The summed E-state index contributed by atoms with van der Waals surface area (Å²) in [6.07, 6.45) is 0. The summed E-state index contributed by atoms with van der Waals surface area (Å²) in [4.78, 5) is 33.8. The van der Waals surface area contributed by atoms with Crippen molar-refractivity contribution in [2.24, 2.45) is 0 Å². The number of benzene rings is 2. The van der Waals surface area contributed by atoms with Gasteiger partial charge < -0.3 is 4.74 Å². The number of nitrogens with zero attached hydrogens (tertiary/aromatic N) is 1. The fourth-order valence-corrected chi connectivity index (χ4v) is 2.60. The van der Waals surface area contributed by atoms with Crippen LogP contribution in [0.15, 0.2) is 48.5 Å². The molecule has 2 aromatic rings. The molecule has 0 fully saturated rings. The van der Waals surface area contributed by atoms with E-state index in [-0.39, 0.29) is 17.4 Å². The van der Waals surface area contributed by atoms with Crippen molar-refractivity contribution in [3.63, 3.8) is 0 Å². The van der Waals surface area contributed by atoms with Gasteiger partial charge in [0.25, 0.3) is 17.5 Å². The normalized spacial score (nSPS) is 9.81. The van der Waals surface area contributed by atoms with Gasteiger partial charge in [-0.3, -0.25) is 35.9 Å². The van der Waals surface area contributed by atoms with E-state index in [9.17, 15) is 19.7 Å². The molecule has 0 unspecified atom stereocenters. The lowest BCUT2D eigenvalue weighted by Crippen LogP contribution is -2.49. The van der Waals surface area contributed by atoms with Crippen LogP contribution >= 0.6 is 34.8 Å². The zero-order chi connectivity index (χ0) is 19.8. The molecular weight excluding hydrogens is 487 g/mol. The smallest absolute Gasteiger partial charge is 0.276 e. The van der Waals surface area contributed by atoms with Crippen LogP contribution in [0.2, 0.25) is 0 Å². The minimum atomic E-state index is -0.556. The Morgan fingerprint density at radius 3 is 2.41 bits per heavy atom. The van der Waals surface area contributed by atoms with E-state index in [1.54, 1.807) is 24.3 Å². The van der Waals surface area contributed by atoms with Crippen molar-refractivity contribution >= 4 is 57.4 Å². The Hall–Kier alpha value is -2.80. The van der Waals surface area contributed by atoms with Crippen LogP contribution in [0.5, 0.6) is 5.75 Å². The Kier molecular flexibility index (Phi) is 7.43. The number of halogens is 1. The van der Waals surface area contributed by atoms with Gasteiger partial charge in [0.2, 0.25) is 0 Å². The molecule has 2 rings (SSSR count). The second kappa shape index (κ2) is 9.78. The molecule has 140 valence electrons. The molecule has 2 aromatic carbocycles. The summed E-state index contributed by atoms with van der Waals surface area (Å²) in [5.41, 5.74) is 5.04. The van der Waals surface area contributed by atoms with Crippen molar-refractivity contribution in [2.45, 2.75) is 0 Å². The highest BCUT2D eigenvalue weighted by Crippen LogP contribution is 2.17. The minimum absolute atomic E-state index is 0.0802. The van der Waals surface area contributed by atoms with Gasteiger partial charge in [0.1, 0.15) is 5.75 Å². The average Bonchev–Trinajstić information content (AvgIpc) is 2.65. The van der Waals surface area contributed by atoms with E-state index in [1.807, 2.05) is 22.6 Å². The summed E-state index contributed by atoms with van der Waals surface area (Å²) in [6, 6.07) is 12.3. The number of hydrogen-bond donors (Lipinski definition) is 3. The number of nitrogens with one attached hydrogen (secondary N) is 3. The Balaban J connectivity index is 1.74. The fraction of sp³-hybridized carbons (Fsp3) is 0.0625. The van der Waals surface area contributed by atoms with E-state index in [1.165, 1.54) is 24.3 Å². The molecule has 0 bridgehead atoms. The third-order valence-corrected chi connectivity index (χ3v) is 4.22. The number of hydrazine groups is 1. The van der Waals surface area contributed by atoms with Gasteiger partial charge in [-0.05, 0) is 59.1 Å². The van der Waals surface area contributed by atoms with Crippen molar-refractivity contribution in [1.29, 1.82) is 0 Å². The average molecular weight is 500 g/mol. The molecule has 27 heavy (non-hydrogen) atoms. The largest absolute Gasteiger partial charge is 0.484 e. The number of hydrogen-bond acceptors (Lipinski definition) is 6. The number of ether oxygens (including phenoxy) is 1. The monoisotopic (exact) mass is 500 g/mol. The molecule has 9 nitrogen and oxygen atoms in total. The Bertz CT molecular complexity index is 875. The van der Waals surface area contributed by atoms with E-state index in [2.05, 4.69) is 16.2 Å². The number of nitro groups is 1. The van der Waals surface area contributed by atoms with Crippen LogP contribution in [0.1, 0.15) is 10.4 Å². The highest BCUT2D eigenvalue weighted by atomic mass is 127. The Morgan fingerprint density at radius 2 is 1.78 bits per heavy atom. The molecule has 0 aliphatic carbocycles. The summed E-state index contributed by atoms with van der Waals surface area (Å²) in [7, 11) is 0. The van der Waals surface area contributed by atoms with E-state index in [0.29, 0.717) is 11.3 Å². The first kappa shape index (κ1) is 20.5. The zero-order valence-electron chi connectivity index (χ0n) is 13.6. The summed E-state index contributed by atoms with van der Waals surface area (Å²) in [5, 5.41) is 12.9. The van der Waals surface area contributed by atoms with Crippen LogP contribution < -0.4 is 20.9 Å². The molecule has 11 heteroatoms. The lowest BCUT2D eigenvalue weighted by molar-refractivity contribution is -0.384. The minimum Gasteiger partial charge on any atom is -0.484 e. The van der Waals surface area contributed by atoms with Gasteiger partial charge in [0, 0.05) is 15.7 Å². The van der Waals surface area contributed by atoms with E-state index in [4.69, 9.17) is 17.0 Å². The van der Waals surface area contributed by atoms with Crippen molar-refractivity contribution in [3.8, 4) is 5.75 Å². The van der Waals surface area contributed by atoms with Gasteiger partial charge in [-0.2, -0.15) is 0 Å². The van der Waals surface area contributed by atoms with Crippen LogP contribution in [0.3, 0.4) is 0 Å². The maximum absolute atomic E-state index is 12.1. The van der Waals surface area contributed by atoms with Crippen molar-refractivity contribution in [3.05, 3.63) is 67.8 Å². The molecule has 0 aliphatic heterocycles. The first-order valence-corrected chi connectivity index (χ1v) is 8.87. The quantitative estimate of drug-likeness (QED) is 0.248. The molecular formula is C16H13IN4O5S. The SMILES string of the molecule is O=C(COc1ccc([N+](=O)[O-])cc1)NNC(=S)NC(=O)c1ccccc1I. The number of amides is 2. The molecule has 0 atom stereocenters. The van der Waals surface area contributed by atoms with Crippen LogP contribution in [0.25, 0.3) is 0 Å². The molecule has 0 heterocycles. The van der Waals surface area contributed by atoms with E-state index < -0.39 is 16.7 Å². The topological polar surface area (TPSA) is 123 Å². The lowest BCUT2D eigenvalue weighted by atomic mass is 10.2. The number of rotatable bonds is 5. The highest BCUT2D eigenvalue weighted by Gasteiger charge is 2.11. The summed E-state index contributed by atoms with van der Waals surface area (Å²) >= 11 is 6.97. The summed E-state index contributed by atoms with van der Waals surface area (Å²) in [5.74, 6) is -0.668. The van der Waals surface area contributed by atoms with Gasteiger partial charge in [0.05, 0.1) is 10.5 Å². The second-order valence-corrected chi connectivity index (χ2v) is 6.55. The fourth-order valence-electron chi connectivity index (χ4n) is 1.82.